The minimum absolute atomic E-state index is 0.100. The van der Waals surface area contributed by atoms with Crippen LogP contribution in [0, 0.1) is 12.7 Å². The fourth-order valence-electron chi connectivity index (χ4n) is 1.97. The molecule has 2 N–H and O–H groups in total. The number of hydrogen-bond donors (Lipinski definition) is 2. The van der Waals surface area contributed by atoms with Crippen molar-refractivity contribution < 1.29 is 13.9 Å². The number of aryl methyl sites for hydroxylation is 1. The molecular weight excluding hydrogens is 325 g/mol. The van der Waals surface area contributed by atoms with Crippen LogP contribution in [-0.4, -0.2) is 21.0 Å². The number of halogens is 1. The van der Waals surface area contributed by atoms with Crippen molar-refractivity contribution in [1.29, 1.82) is 0 Å². The van der Waals surface area contributed by atoms with Crippen LogP contribution in [0.25, 0.3) is 0 Å². The number of ether oxygens (including phenoxy) is 1. The normalized spacial score (nSPS) is 10.2. The average Bonchev–Trinajstić information content (AvgIpc) is 2.60. The van der Waals surface area contributed by atoms with Crippen molar-refractivity contribution in [2.75, 3.05) is 10.6 Å². The van der Waals surface area contributed by atoms with E-state index in [0.717, 1.165) is 11.9 Å². The fourth-order valence-corrected chi connectivity index (χ4v) is 1.97. The monoisotopic (exact) mass is 339 g/mol. The van der Waals surface area contributed by atoms with Gasteiger partial charge in [-0.05, 0) is 43.3 Å². The number of hydrogen-bond acceptors (Lipinski definition) is 6. The molecular formula is C17H14FN5O2. The molecule has 3 rings (SSSR count). The molecule has 1 amide bonds. The Morgan fingerprint density at radius 2 is 2.04 bits per heavy atom. The Morgan fingerprint density at radius 3 is 2.76 bits per heavy atom. The third-order valence-electron chi connectivity index (χ3n) is 3.09. The van der Waals surface area contributed by atoms with Crippen LogP contribution in [0.2, 0.25) is 0 Å². The van der Waals surface area contributed by atoms with Crippen molar-refractivity contribution in [1.82, 2.24) is 15.0 Å². The molecule has 0 spiro atoms. The smallest absolute Gasteiger partial charge is 0.389 e. The van der Waals surface area contributed by atoms with Crippen molar-refractivity contribution >= 4 is 23.3 Å². The Morgan fingerprint density at radius 1 is 1.16 bits per heavy atom. The first-order valence-corrected chi connectivity index (χ1v) is 7.35. The van der Waals surface area contributed by atoms with E-state index >= 15 is 0 Å². The van der Waals surface area contributed by atoms with E-state index in [1.807, 2.05) is 6.07 Å². The van der Waals surface area contributed by atoms with E-state index in [4.69, 9.17) is 4.74 Å². The number of amides is 1. The quantitative estimate of drug-likeness (QED) is 0.754. The number of pyridine rings is 3. The Bertz CT molecular complexity index is 872. The van der Waals surface area contributed by atoms with Gasteiger partial charge in [-0.1, -0.05) is 0 Å². The third kappa shape index (κ3) is 4.47. The number of carbonyl (C=O) groups is 1. The molecule has 25 heavy (non-hydrogen) atoms. The van der Waals surface area contributed by atoms with Crippen LogP contribution in [0.4, 0.5) is 26.4 Å². The van der Waals surface area contributed by atoms with Gasteiger partial charge in [-0.2, -0.15) is 0 Å². The van der Waals surface area contributed by atoms with Gasteiger partial charge in [0, 0.05) is 11.9 Å². The Hall–Kier alpha value is -3.55. The van der Waals surface area contributed by atoms with Gasteiger partial charge in [-0.15, -0.1) is 0 Å². The van der Waals surface area contributed by atoms with Crippen LogP contribution in [0.5, 0.6) is 5.88 Å². The highest BCUT2D eigenvalue weighted by Gasteiger charge is 2.12. The number of aromatic nitrogens is 3. The summed E-state index contributed by atoms with van der Waals surface area (Å²) in [6.07, 6.45) is 3.49. The first kappa shape index (κ1) is 16.3. The van der Waals surface area contributed by atoms with E-state index in [-0.39, 0.29) is 11.7 Å². The number of anilines is 3. The van der Waals surface area contributed by atoms with Gasteiger partial charge in [0.05, 0.1) is 18.1 Å². The minimum Gasteiger partial charge on any atom is -0.389 e. The van der Waals surface area contributed by atoms with E-state index in [0.29, 0.717) is 11.4 Å². The molecule has 0 bridgehead atoms. The summed E-state index contributed by atoms with van der Waals surface area (Å²) in [7, 11) is 0. The second kappa shape index (κ2) is 7.35. The van der Waals surface area contributed by atoms with Crippen LogP contribution in [-0.2, 0) is 0 Å². The van der Waals surface area contributed by atoms with Gasteiger partial charge in [0.15, 0.2) is 0 Å². The van der Waals surface area contributed by atoms with E-state index in [1.54, 1.807) is 37.5 Å². The summed E-state index contributed by atoms with van der Waals surface area (Å²) in [6.45, 7) is 1.78. The molecule has 0 aliphatic rings. The zero-order chi connectivity index (χ0) is 17.6. The van der Waals surface area contributed by atoms with E-state index in [1.165, 1.54) is 12.1 Å². The van der Waals surface area contributed by atoms with Crippen molar-refractivity contribution in [2.45, 2.75) is 6.92 Å². The van der Waals surface area contributed by atoms with E-state index in [2.05, 4.69) is 25.6 Å². The van der Waals surface area contributed by atoms with Crippen LogP contribution >= 0.6 is 0 Å². The molecule has 0 aliphatic heterocycles. The summed E-state index contributed by atoms with van der Waals surface area (Å²) in [4.78, 5) is 24.0. The zero-order valence-electron chi connectivity index (χ0n) is 13.2. The second-order valence-corrected chi connectivity index (χ2v) is 5.05. The minimum atomic E-state index is -0.786. The molecule has 7 nitrogen and oxygen atoms in total. The lowest BCUT2D eigenvalue weighted by Crippen LogP contribution is -2.19. The summed E-state index contributed by atoms with van der Waals surface area (Å²) in [5.74, 6) is -0.230. The predicted molar refractivity (Wildman–Crippen MR) is 90.3 cm³/mol. The highest BCUT2D eigenvalue weighted by molar-refractivity contribution is 5.86. The first-order valence-electron chi connectivity index (χ1n) is 7.35. The van der Waals surface area contributed by atoms with Crippen LogP contribution in [0.15, 0.2) is 55.0 Å². The molecule has 3 heterocycles. The SMILES string of the molecule is Cc1ccc(Nc2cccnc2)c(OC(=O)Nc2ccc(F)cn2)n1. The van der Waals surface area contributed by atoms with Crippen molar-refractivity contribution in [3.8, 4) is 5.88 Å². The summed E-state index contributed by atoms with van der Waals surface area (Å²) in [5.41, 5.74) is 1.90. The second-order valence-electron chi connectivity index (χ2n) is 5.05. The van der Waals surface area contributed by atoms with Gasteiger partial charge in [-0.3, -0.25) is 10.3 Å². The Balaban J connectivity index is 1.75. The largest absolute Gasteiger partial charge is 0.419 e. The van der Waals surface area contributed by atoms with Crippen molar-refractivity contribution in [3.05, 3.63) is 66.5 Å². The number of nitrogens with zero attached hydrogens (tertiary/aromatic N) is 3. The molecule has 3 aromatic rings. The highest BCUT2D eigenvalue weighted by Crippen LogP contribution is 2.26. The maximum atomic E-state index is 12.8. The van der Waals surface area contributed by atoms with Gasteiger partial charge in [0.25, 0.3) is 0 Å². The topological polar surface area (TPSA) is 89.0 Å². The number of carbonyl (C=O) groups excluding carboxylic acids is 1. The fraction of sp³-hybridized carbons (Fsp3) is 0.0588. The summed E-state index contributed by atoms with van der Waals surface area (Å²) >= 11 is 0. The summed E-state index contributed by atoms with van der Waals surface area (Å²) < 4.78 is 18.1. The van der Waals surface area contributed by atoms with E-state index < -0.39 is 11.9 Å². The standard InChI is InChI=1S/C17H14FN5O2/c1-11-4-6-14(22-13-3-2-8-19-10-13)16(21-11)25-17(24)23-15-7-5-12(18)9-20-15/h2-10,22H,1H3,(H,20,23,24). The molecule has 0 saturated carbocycles. The average molecular weight is 339 g/mol. The lowest BCUT2D eigenvalue weighted by molar-refractivity contribution is 0.213. The molecule has 0 aliphatic carbocycles. The van der Waals surface area contributed by atoms with Crippen LogP contribution in [0.1, 0.15) is 5.69 Å². The van der Waals surface area contributed by atoms with Gasteiger partial charge >= 0.3 is 6.09 Å². The van der Waals surface area contributed by atoms with E-state index in [9.17, 15) is 9.18 Å². The molecule has 0 unspecified atom stereocenters. The molecule has 0 radical (unpaired) electrons. The maximum Gasteiger partial charge on any atom is 0.419 e. The number of rotatable bonds is 4. The Labute approximate surface area is 142 Å². The first-order chi connectivity index (χ1) is 12.1. The van der Waals surface area contributed by atoms with Gasteiger partial charge in [-0.25, -0.2) is 19.2 Å². The predicted octanol–water partition coefficient (Wildman–Crippen LogP) is 3.67. The molecule has 3 aromatic heterocycles. The molecule has 0 saturated heterocycles. The lowest BCUT2D eigenvalue weighted by atomic mass is 10.3. The Kier molecular flexibility index (Phi) is 4.79. The van der Waals surface area contributed by atoms with Gasteiger partial charge < -0.3 is 10.1 Å². The molecule has 0 aromatic carbocycles. The van der Waals surface area contributed by atoms with Gasteiger partial charge in [0.1, 0.15) is 17.3 Å². The molecule has 8 heteroatoms. The van der Waals surface area contributed by atoms with Crippen molar-refractivity contribution in [3.63, 3.8) is 0 Å². The summed E-state index contributed by atoms with van der Waals surface area (Å²) in [5, 5.41) is 5.49. The third-order valence-corrected chi connectivity index (χ3v) is 3.09. The molecule has 0 atom stereocenters. The lowest BCUT2D eigenvalue weighted by Gasteiger charge is -2.12. The van der Waals surface area contributed by atoms with Crippen molar-refractivity contribution in [2.24, 2.45) is 0 Å². The highest BCUT2D eigenvalue weighted by atomic mass is 19.1. The van der Waals surface area contributed by atoms with Crippen LogP contribution in [0.3, 0.4) is 0 Å². The van der Waals surface area contributed by atoms with Gasteiger partial charge in [0.2, 0.25) is 5.88 Å². The molecule has 126 valence electrons. The zero-order valence-corrected chi connectivity index (χ0v) is 13.2. The van der Waals surface area contributed by atoms with Crippen LogP contribution < -0.4 is 15.4 Å². The number of nitrogens with one attached hydrogen (secondary N) is 2. The summed E-state index contributed by atoms with van der Waals surface area (Å²) in [6, 6.07) is 9.63. The maximum absolute atomic E-state index is 12.8. The molecule has 0 fully saturated rings.